The zero-order chi connectivity index (χ0) is 14.5. The second-order valence-electron chi connectivity index (χ2n) is 4.02. The maximum absolute atomic E-state index is 11.0. The fourth-order valence-corrected chi connectivity index (χ4v) is 2.11. The van der Waals surface area contributed by atoms with Crippen molar-refractivity contribution in [3.8, 4) is 5.75 Å². The van der Waals surface area contributed by atoms with Crippen LogP contribution in [-0.4, -0.2) is 11.2 Å². The number of halogens is 1. The molecule has 0 aromatic heterocycles. The molecule has 0 aliphatic carbocycles. The normalized spacial score (nSPS) is 10.1. The number of nitro benzene ring substituents is 1. The lowest BCUT2D eigenvalue weighted by Crippen LogP contribution is -1.99. The average molecular weight is 336 g/mol. The highest BCUT2D eigenvalue weighted by molar-refractivity contribution is 9.10. The summed E-state index contributed by atoms with van der Waals surface area (Å²) in [6.45, 7) is 0.276. The molecule has 0 saturated heterocycles. The largest absolute Gasteiger partial charge is 0.488 e. The average Bonchev–Trinajstić information content (AvgIpc) is 2.45. The summed E-state index contributed by atoms with van der Waals surface area (Å²) in [6.07, 6.45) is 0.545. The molecular weight excluding hydrogens is 326 g/mol. The second kappa shape index (κ2) is 6.29. The molecule has 20 heavy (non-hydrogen) atoms. The van der Waals surface area contributed by atoms with Gasteiger partial charge in [0.2, 0.25) is 0 Å². The maximum atomic E-state index is 11.0. The molecular formula is C14H10BrNO4. The van der Waals surface area contributed by atoms with Gasteiger partial charge >= 0.3 is 0 Å². The van der Waals surface area contributed by atoms with Crippen LogP contribution < -0.4 is 4.74 Å². The maximum Gasteiger partial charge on any atom is 0.270 e. The van der Waals surface area contributed by atoms with E-state index in [2.05, 4.69) is 15.9 Å². The fraction of sp³-hybridized carbons (Fsp3) is 0.0714. The van der Waals surface area contributed by atoms with E-state index in [0.717, 1.165) is 10.0 Å². The quantitative estimate of drug-likeness (QED) is 0.474. The van der Waals surface area contributed by atoms with Crippen molar-refractivity contribution in [2.24, 2.45) is 0 Å². The zero-order valence-corrected chi connectivity index (χ0v) is 11.9. The minimum atomic E-state index is -0.551. The molecule has 2 aromatic carbocycles. The first-order valence-electron chi connectivity index (χ1n) is 5.71. The SMILES string of the molecule is O=Cc1cc([N+](=O)[O-])ccc1OCc1cccc(Br)c1. The molecule has 5 nitrogen and oxygen atoms in total. The summed E-state index contributed by atoms with van der Waals surface area (Å²) < 4.78 is 6.46. The third-order valence-electron chi connectivity index (χ3n) is 2.61. The molecule has 2 rings (SSSR count). The number of carbonyl (C=O) groups is 1. The fourth-order valence-electron chi connectivity index (χ4n) is 1.66. The Morgan fingerprint density at radius 3 is 2.70 bits per heavy atom. The summed E-state index contributed by atoms with van der Waals surface area (Å²) in [4.78, 5) is 21.0. The van der Waals surface area contributed by atoms with Gasteiger partial charge in [0, 0.05) is 16.6 Å². The first-order chi connectivity index (χ1) is 9.60. The number of aldehydes is 1. The number of rotatable bonds is 5. The summed E-state index contributed by atoms with van der Waals surface area (Å²) in [5, 5.41) is 10.6. The highest BCUT2D eigenvalue weighted by Gasteiger charge is 2.11. The molecule has 2 aromatic rings. The second-order valence-corrected chi connectivity index (χ2v) is 4.93. The number of hydrogen-bond donors (Lipinski definition) is 0. The van der Waals surface area contributed by atoms with Crippen molar-refractivity contribution in [3.05, 3.63) is 68.2 Å². The predicted molar refractivity (Wildman–Crippen MR) is 77.0 cm³/mol. The molecule has 0 fully saturated rings. The van der Waals surface area contributed by atoms with Gasteiger partial charge in [0.05, 0.1) is 10.5 Å². The highest BCUT2D eigenvalue weighted by atomic mass is 79.9. The van der Waals surface area contributed by atoms with Gasteiger partial charge in [-0.25, -0.2) is 0 Å². The Bertz CT molecular complexity index is 657. The molecule has 0 spiro atoms. The summed E-state index contributed by atoms with van der Waals surface area (Å²) in [7, 11) is 0. The van der Waals surface area contributed by atoms with Crippen molar-refractivity contribution in [3.63, 3.8) is 0 Å². The minimum absolute atomic E-state index is 0.137. The number of hydrogen-bond acceptors (Lipinski definition) is 4. The Balaban J connectivity index is 2.17. The molecule has 102 valence electrons. The van der Waals surface area contributed by atoms with Gasteiger partial charge in [0.1, 0.15) is 12.4 Å². The van der Waals surface area contributed by atoms with Crippen LogP contribution >= 0.6 is 15.9 Å². The lowest BCUT2D eigenvalue weighted by Gasteiger charge is -2.08. The van der Waals surface area contributed by atoms with E-state index in [1.165, 1.54) is 18.2 Å². The first kappa shape index (κ1) is 14.2. The van der Waals surface area contributed by atoms with Crippen LogP contribution in [0.2, 0.25) is 0 Å². The van der Waals surface area contributed by atoms with Crippen LogP contribution in [0.1, 0.15) is 15.9 Å². The van der Waals surface area contributed by atoms with Gasteiger partial charge in [-0.1, -0.05) is 28.1 Å². The van der Waals surface area contributed by atoms with Gasteiger partial charge in [-0.3, -0.25) is 14.9 Å². The van der Waals surface area contributed by atoms with Crippen LogP contribution in [0.3, 0.4) is 0 Å². The van der Waals surface area contributed by atoms with Crippen molar-refractivity contribution in [2.45, 2.75) is 6.61 Å². The van der Waals surface area contributed by atoms with Crippen LogP contribution in [0.5, 0.6) is 5.75 Å². The van der Waals surface area contributed by atoms with Crippen molar-refractivity contribution >= 4 is 27.9 Å². The van der Waals surface area contributed by atoms with E-state index in [1.54, 1.807) is 0 Å². The molecule has 0 aliphatic heterocycles. The predicted octanol–water partition coefficient (Wildman–Crippen LogP) is 3.75. The number of nitrogens with zero attached hydrogens (tertiary/aromatic N) is 1. The van der Waals surface area contributed by atoms with Gasteiger partial charge < -0.3 is 4.74 Å². The van der Waals surface area contributed by atoms with E-state index in [1.807, 2.05) is 24.3 Å². The molecule has 0 atom stereocenters. The van der Waals surface area contributed by atoms with E-state index in [9.17, 15) is 14.9 Å². The minimum Gasteiger partial charge on any atom is -0.488 e. The Morgan fingerprint density at radius 2 is 2.05 bits per heavy atom. The summed E-state index contributed by atoms with van der Waals surface area (Å²) in [5.74, 6) is 0.325. The van der Waals surface area contributed by atoms with E-state index >= 15 is 0 Å². The van der Waals surface area contributed by atoms with Gasteiger partial charge in [-0.05, 0) is 23.8 Å². The van der Waals surface area contributed by atoms with Crippen molar-refractivity contribution in [1.29, 1.82) is 0 Å². The Kier molecular flexibility index (Phi) is 4.47. The van der Waals surface area contributed by atoms with Crippen molar-refractivity contribution in [2.75, 3.05) is 0 Å². The monoisotopic (exact) mass is 335 g/mol. The molecule has 0 aliphatic rings. The van der Waals surface area contributed by atoms with Gasteiger partial charge in [0.25, 0.3) is 5.69 Å². The number of benzene rings is 2. The Morgan fingerprint density at radius 1 is 1.25 bits per heavy atom. The lowest BCUT2D eigenvalue weighted by atomic mass is 10.2. The topological polar surface area (TPSA) is 69.4 Å². The summed E-state index contributed by atoms with van der Waals surface area (Å²) in [5.41, 5.74) is 0.950. The summed E-state index contributed by atoms with van der Waals surface area (Å²) >= 11 is 3.36. The van der Waals surface area contributed by atoms with Crippen LogP contribution in [0, 0.1) is 10.1 Å². The number of ether oxygens (including phenoxy) is 1. The third kappa shape index (κ3) is 3.42. The molecule has 0 radical (unpaired) electrons. The van der Waals surface area contributed by atoms with Crippen LogP contribution in [0.25, 0.3) is 0 Å². The zero-order valence-electron chi connectivity index (χ0n) is 10.3. The number of nitro groups is 1. The van der Waals surface area contributed by atoms with Crippen LogP contribution in [-0.2, 0) is 6.61 Å². The van der Waals surface area contributed by atoms with E-state index in [4.69, 9.17) is 4.74 Å². The van der Waals surface area contributed by atoms with Crippen molar-refractivity contribution < 1.29 is 14.5 Å². The molecule has 0 amide bonds. The Hall–Kier alpha value is -2.21. The Labute approximate surface area is 123 Å². The summed E-state index contributed by atoms with van der Waals surface area (Å²) in [6, 6.07) is 11.5. The molecule has 0 heterocycles. The van der Waals surface area contributed by atoms with E-state index in [0.29, 0.717) is 12.0 Å². The number of non-ortho nitro benzene ring substituents is 1. The first-order valence-corrected chi connectivity index (χ1v) is 6.50. The van der Waals surface area contributed by atoms with Gasteiger partial charge in [-0.15, -0.1) is 0 Å². The highest BCUT2D eigenvalue weighted by Crippen LogP contribution is 2.24. The lowest BCUT2D eigenvalue weighted by molar-refractivity contribution is -0.384. The molecule has 6 heteroatoms. The molecule has 0 N–H and O–H groups in total. The van der Waals surface area contributed by atoms with Gasteiger partial charge in [-0.2, -0.15) is 0 Å². The smallest absolute Gasteiger partial charge is 0.270 e. The molecule has 0 saturated carbocycles. The van der Waals surface area contributed by atoms with E-state index in [-0.39, 0.29) is 17.9 Å². The van der Waals surface area contributed by atoms with Crippen LogP contribution in [0.4, 0.5) is 5.69 Å². The van der Waals surface area contributed by atoms with Gasteiger partial charge in [0.15, 0.2) is 6.29 Å². The van der Waals surface area contributed by atoms with Crippen LogP contribution in [0.15, 0.2) is 46.9 Å². The third-order valence-corrected chi connectivity index (χ3v) is 3.11. The molecule has 0 unspecified atom stereocenters. The standard InChI is InChI=1S/C14H10BrNO4/c15-12-3-1-2-10(6-12)9-20-14-5-4-13(16(18)19)7-11(14)8-17/h1-8H,9H2. The molecule has 0 bridgehead atoms. The number of carbonyl (C=O) groups excluding carboxylic acids is 1. The van der Waals surface area contributed by atoms with E-state index < -0.39 is 4.92 Å². The van der Waals surface area contributed by atoms with Crippen molar-refractivity contribution in [1.82, 2.24) is 0 Å².